The van der Waals surface area contributed by atoms with E-state index in [2.05, 4.69) is 5.32 Å². The predicted molar refractivity (Wildman–Crippen MR) is 67.4 cm³/mol. The normalized spacial score (nSPS) is 10.1. The van der Waals surface area contributed by atoms with Gasteiger partial charge in [-0.15, -0.1) is 0 Å². The lowest BCUT2D eigenvalue weighted by molar-refractivity contribution is -0.385. The molecule has 18 heavy (non-hydrogen) atoms. The van der Waals surface area contributed by atoms with Gasteiger partial charge in [0, 0.05) is 30.3 Å². The Morgan fingerprint density at radius 3 is 2.72 bits per heavy atom. The van der Waals surface area contributed by atoms with Crippen LogP contribution in [-0.2, 0) is 4.79 Å². The SMILES string of the molecule is Cc1cc(NC(=O)CCCCO)ccc1[N+](=O)[O-]. The highest BCUT2D eigenvalue weighted by Crippen LogP contribution is 2.21. The van der Waals surface area contributed by atoms with Crippen molar-refractivity contribution in [3.8, 4) is 0 Å². The second-order valence-electron chi connectivity index (χ2n) is 3.99. The molecule has 0 atom stereocenters. The Balaban J connectivity index is 2.60. The van der Waals surface area contributed by atoms with Crippen molar-refractivity contribution in [1.29, 1.82) is 0 Å². The molecule has 2 N–H and O–H groups in total. The number of benzene rings is 1. The molecule has 0 unspecified atom stereocenters. The minimum absolute atomic E-state index is 0.0354. The lowest BCUT2D eigenvalue weighted by Crippen LogP contribution is -2.11. The third kappa shape index (κ3) is 4.14. The van der Waals surface area contributed by atoms with E-state index in [0.717, 1.165) is 0 Å². The van der Waals surface area contributed by atoms with Crippen LogP contribution in [0.2, 0.25) is 0 Å². The van der Waals surface area contributed by atoms with Crippen molar-refractivity contribution < 1.29 is 14.8 Å². The van der Waals surface area contributed by atoms with Crippen LogP contribution in [0, 0.1) is 17.0 Å². The molecule has 6 nitrogen and oxygen atoms in total. The van der Waals surface area contributed by atoms with Gasteiger partial charge in [0.05, 0.1) is 4.92 Å². The van der Waals surface area contributed by atoms with Gasteiger partial charge in [-0.3, -0.25) is 14.9 Å². The first kappa shape index (κ1) is 14.1. The molecule has 1 aromatic rings. The number of nitrogens with zero attached hydrogens (tertiary/aromatic N) is 1. The Kier molecular flexibility index (Phi) is 5.26. The van der Waals surface area contributed by atoms with Gasteiger partial charge in [0.2, 0.25) is 5.91 Å². The Morgan fingerprint density at radius 1 is 1.44 bits per heavy atom. The number of carbonyl (C=O) groups is 1. The van der Waals surface area contributed by atoms with Crippen molar-refractivity contribution in [2.75, 3.05) is 11.9 Å². The number of unbranched alkanes of at least 4 members (excludes halogenated alkanes) is 1. The lowest BCUT2D eigenvalue weighted by atomic mass is 10.1. The highest BCUT2D eigenvalue weighted by molar-refractivity contribution is 5.90. The number of nitrogens with one attached hydrogen (secondary N) is 1. The van der Waals surface area contributed by atoms with E-state index >= 15 is 0 Å². The van der Waals surface area contributed by atoms with Gasteiger partial charge in [0.1, 0.15) is 0 Å². The van der Waals surface area contributed by atoms with Gasteiger partial charge in [0.25, 0.3) is 5.69 Å². The highest BCUT2D eigenvalue weighted by atomic mass is 16.6. The molecule has 0 spiro atoms. The Morgan fingerprint density at radius 2 is 2.17 bits per heavy atom. The molecule has 0 bridgehead atoms. The van der Waals surface area contributed by atoms with Crippen LogP contribution < -0.4 is 5.32 Å². The third-order valence-electron chi connectivity index (χ3n) is 2.49. The zero-order valence-electron chi connectivity index (χ0n) is 10.2. The molecule has 0 heterocycles. The summed E-state index contributed by atoms with van der Waals surface area (Å²) in [5.41, 5.74) is 1.09. The number of hydrogen-bond acceptors (Lipinski definition) is 4. The first-order valence-corrected chi connectivity index (χ1v) is 5.70. The fourth-order valence-electron chi connectivity index (χ4n) is 1.56. The highest BCUT2D eigenvalue weighted by Gasteiger charge is 2.11. The molecule has 6 heteroatoms. The fraction of sp³-hybridized carbons (Fsp3) is 0.417. The van der Waals surface area contributed by atoms with E-state index in [0.29, 0.717) is 30.5 Å². The van der Waals surface area contributed by atoms with Crippen LogP contribution >= 0.6 is 0 Å². The molecule has 0 aromatic heterocycles. The number of nitro benzene ring substituents is 1. The van der Waals surface area contributed by atoms with E-state index in [4.69, 9.17) is 5.11 Å². The van der Waals surface area contributed by atoms with Crippen LogP contribution in [0.25, 0.3) is 0 Å². The number of carbonyl (C=O) groups excluding carboxylic acids is 1. The number of aliphatic hydroxyl groups excluding tert-OH is 1. The Hall–Kier alpha value is -1.95. The number of rotatable bonds is 6. The van der Waals surface area contributed by atoms with Crippen molar-refractivity contribution in [3.63, 3.8) is 0 Å². The summed E-state index contributed by atoms with van der Waals surface area (Å²) >= 11 is 0. The van der Waals surface area contributed by atoms with Crippen LogP contribution in [0.1, 0.15) is 24.8 Å². The van der Waals surface area contributed by atoms with Crippen LogP contribution in [0.15, 0.2) is 18.2 Å². The molecule has 0 aliphatic carbocycles. The fourth-order valence-corrected chi connectivity index (χ4v) is 1.56. The van der Waals surface area contributed by atoms with E-state index in [1.54, 1.807) is 13.0 Å². The van der Waals surface area contributed by atoms with E-state index in [-0.39, 0.29) is 18.2 Å². The number of anilines is 1. The van der Waals surface area contributed by atoms with Crippen LogP contribution in [0.3, 0.4) is 0 Å². The predicted octanol–water partition coefficient (Wildman–Crippen LogP) is 2.00. The quantitative estimate of drug-likeness (QED) is 0.460. The Bertz CT molecular complexity index is 446. The molecule has 0 saturated heterocycles. The van der Waals surface area contributed by atoms with Crippen molar-refractivity contribution in [3.05, 3.63) is 33.9 Å². The van der Waals surface area contributed by atoms with Gasteiger partial charge in [-0.25, -0.2) is 0 Å². The molecule has 0 aliphatic heterocycles. The molecule has 0 radical (unpaired) electrons. The second kappa shape index (κ2) is 6.70. The maximum atomic E-state index is 11.5. The molecule has 0 aliphatic rings. The minimum Gasteiger partial charge on any atom is -0.396 e. The first-order chi connectivity index (χ1) is 8.54. The Labute approximate surface area is 105 Å². The zero-order chi connectivity index (χ0) is 13.5. The standard InChI is InChI=1S/C12H16N2O4/c1-9-8-10(5-6-11(9)14(17)18)13-12(16)4-2-3-7-15/h5-6,8,15H,2-4,7H2,1H3,(H,13,16). The van der Waals surface area contributed by atoms with Gasteiger partial charge in [-0.1, -0.05) is 0 Å². The number of amides is 1. The number of aryl methyl sites for hydroxylation is 1. The average Bonchev–Trinajstić information content (AvgIpc) is 2.28. The summed E-state index contributed by atoms with van der Waals surface area (Å²) in [4.78, 5) is 21.7. The summed E-state index contributed by atoms with van der Waals surface area (Å²) < 4.78 is 0. The van der Waals surface area contributed by atoms with Crippen molar-refractivity contribution in [2.24, 2.45) is 0 Å². The molecule has 1 rings (SSSR count). The molecular weight excluding hydrogens is 236 g/mol. The monoisotopic (exact) mass is 252 g/mol. The summed E-state index contributed by atoms with van der Waals surface area (Å²) in [6.07, 6.45) is 1.54. The number of aliphatic hydroxyl groups is 1. The maximum absolute atomic E-state index is 11.5. The van der Waals surface area contributed by atoms with Gasteiger partial charge >= 0.3 is 0 Å². The first-order valence-electron chi connectivity index (χ1n) is 5.70. The molecule has 0 saturated carbocycles. The third-order valence-corrected chi connectivity index (χ3v) is 2.49. The summed E-state index contributed by atoms with van der Waals surface area (Å²) in [5.74, 6) is -0.156. The van der Waals surface area contributed by atoms with E-state index in [1.165, 1.54) is 12.1 Å². The maximum Gasteiger partial charge on any atom is 0.272 e. The van der Waals surface area contributed by atoms with E-state index in [1.807, 2.05) is 0 Å². The summed E-state index contributed by atoms with van der Waals surface area (Å²) in [6, 6.07) is 4.45. The van der Waals surface area contributed by atoms with Crippen LogP contribution in [-0.4, -0.2) is 22.5 Å². The summed E-state index contributed by atoms with van der Waals surface area (Å²) in [6.45, 7) is 1.70. The van der Waals surface area contributed by atoms with Gasteiger partial charge in [-0.05, 0) is 31.9 Å². The minimum atomic E-state index is -0.456. The smallest absolute Gasteiger partial charge is 0.272 e. The second-order valence-corrected chi connectivity index (χ2v) is 3.99. The van der Waals surface area contributed by atoms with Crippen LogP contribution in [0.4, 0.5) is 11.4 Å². The largest absolute Gasteiger partial charge is 0.396 e. The van der Waals surface area contributed by atoms with Gasteiger partial charge in [-0.2, -0.15) is 0 Å². The van der Waals surface area contributed by atoms with Gasteiger partial charge in [0.15, 0.2) is 0 Å². The molecular formula is C12H16N2O4. The average molecular weight is 252 g/mol. The molecule has 1 amide bonds. The van der Waals surface area contributed by atoms with E-state index < -0.39 is 4.92 Å². The lowest BCUT2D eigenvalue weighted by Gasteiger charge is -2.06. The molecule has 98 valence electrons. The van der Waals surface area contributed by atoms with Crippen LogP contribution in [0.5, 0.6) is 0 Å². The van der Waals surface area contributed by atoms with E-state index in [9.17, 15) is 14.9 Å². The summed E-state index contributed by atoms with van der Waals surface area (Å²) in [7, 11) is 0. The number of nitro groups is 1. The van der Waals surface area contributed by atoms with Gasteiger partial charge < -0.3 is 10.4 Å². The van der Waals surface area contributed by atoms with Crippen molar-refractivity contribution >= 4 is 17.3 Å². The molecule has 0 fully saturated rings. The van der Waals surface area contributed by atoms with Crippen molar-refractivity contribution in [1.82, 2.24) is 0 Å². The molecule has 1 aromatic carbocycles. The zero-order valence-corrected chi connectivity index (χ0v) is 10.2. The van der Waals surface area contributed by atoms with Crippen molar-refractivity contribution in [2.45, 2.75) is 26.2 Å². The summed E-state index contributed by atoms with van der Waals surface area (Å²) in [5, 5.41) is 21.9. The number of hydrogen-bond donors (Lipinski definition) is 2. The topological polar surface area (TPSA) is 92.5 Å².